The third-order valence-corrected chi connectivity index (χ3v) is 4.79. The Morgan fingerprint density at radius 2 is 1.89 bits per heavy atom. The maximum atomic E-state index is 12.7. The number of benzene rings is 2. The molecule has 0 radical (unpaired) electrons. The fraction of sp³-hybridized carbons (Fsp3) is 0.273. The maximum absolute atomic E-state index is 12.7. The molecule has 1 saturated heterocycles. The number of carbonyl (C=O) groups excluding carboxylic acids is 1. The van der Waals surface area contributed by atoms with Crippen LogP contribution >= 0.6 is 0 Å². The van der Waals surface area contributed by atoms with Crippen LogP contribution in [0.3, 0.4) is 0 Å². The molecular formula is C22H21NO5. The summed E-state index contributed by atoms with van der Waals surface area (Å²) in [5.41, 5.74) is 1.21. The summed E-state index contributed by atoms with van der Waals surface area (Å²) in [6.45, 7) is 1.38. The summed E-state index contributed by atoms with van der Waals surface area (Å²) in [6, 6.07) is 17.7. The molecule has 0 saturated carbocycles. The van der Waals surface area contributed by atoms with Crippen molar-refractivity contribution in [3.05, 3.63) is 82.2 Å². The Morgan fingerprint density at radius 1 is 1.11 bits per heavy atom. The minimum atomic E-state index is -0.428. The van der Waals surface area contributed by atoms with Crippen molar-refractivity contribution >= 4 is 16.9 Å². The van der Waals surface area contributed by atoms with Crippen molar-refractivity contribution < 1.29 is 18.7 Å². The molecule has 2 aromatic carbocycles. The first-order valence-corrected chi connectivity index (χ1v) is 9.28. The van der Waals surface area contributed by atoms with Gasteiger partial charge in [-0.3, -0.25) is 9.59 Å². The van der Waals surface area contributed by atoms with Crippen molar-refractivity contribution in [2.45, 2.75) is 25.2 Å². The van der Waals surface area contributed by atoms with Gasteiger partial charge in [0.1, 0.15) is 11.7 Å². The zero-order chi connectivity index (χ0) is 19.3. The molecule has 2 atom stereocenters. The number of para-hydroxylation sites is 1. The average molecular weight is 379 g/mol. The average Bonchev–Trinajstić information content (AvgIpc) is 2.74. The van der Waals surface area contributed by atoms with E-state index >= 15 is 0 Å². The molecule has 144 valence electrons. The lowest BCUT2D eigenvalue weighted by Gasteiger charge is -2.32. The molecule has 0 spiro atoms. The topological polar surface area (TPSA) is 77.8 Å². The number of ether oxygens (including phenoxy) is 2. The third-order valence-electron chi connectivity index (χ3n) is 4.79. The van der Waals surface area contributed by atoms with Gasteiger partial charge in [-0.05, 0) is 24.1 Å². The molecule has 2 heterocycles. The van der Waals surface area contributed by atoms with Gasteiger partial charge >= 0.3 is 0 Å². The van der Waals surface area contributed by atoms with Gasteiger partial charge in [0.2, 0.25) is 0 Å². The highest BCUT2D eigenvalue weighted by molar-refractivity contribution is 5.93. The molecule has 3 aromatic rings. The quantitative estimate of drug-likeness (QED) is 0.738. The predicted molar refractivity (Wildman–Crippen MR) is 104 cm³/mol. The Morgan fingerprint density at radius 3 is 2.75 bits per heavy atom. The highest BCUT2D eigenvalue weighted by atomic mass is 16.5. The van der Waals surface area contributed by atoms with Crippen molar-refractivity contribution in [1.29, 1.82) is 0 Å². The minimum Gasteiger partial charge on any atom is -0.451 e. The number of hydrogen-bond donors (Lipinski definition) is 1. The summed E-state index contributed by atoms with van der Waals surface area (Å²) >= 11 is 0. The van der Waals surface area contributed by atoms with E-state index in [1.165, 1.54) is 6.07 Å². The molecular weight excluding hydrogens is 358 g/mol. The van der Waals surface area contributed by atoms with Crippen LogP contribution in [-0.2, 0) is 16.1 Å². The molecule has 28 heavy (non-hydrogen) atoms. The Balaban J connectivity index is 1.46. The van der Waals surface area contributed by atoms with Gasteiger partial charge in [0, 0.05) is 12.7 Å². The normalized spacial score (nSPS) is 19.4. The lowest BCUT2D eigenvalue weighted by molar-refractivity contribution is -0.0737. The lowest BCUT2D eigenvalue weighted by Crippen LogP contribution is -2.50. The van der Waals surface area contributed by atoms with Gasteiger partial charge < -0.3 is 19.2 Å². The second-order valence-corrected chi connectivity index (χ2v) is 6.75. The van der Waals surface area contributed by atoms with Crippen LogP contribution in [0.5, 0.6) is 0 Å². The molecule has 6 nitrogen and oxygen atoms in total. The van der Waals surface area contributed by atoms with Crippen molar-refractivity contribution in [3.63, 3.8) is 0 Å². The Labute approximate surface area is 162 Å². The molecule has 0 bridgehead atoms. The van der Waals surface area contributed by atoms with Gasteiger partial charge in [-0.2, -0.15) is 0 Å². The fourth-order valence-electron chi connectivity index (χ4n) is 3.27. The number of amides is 1. The van der Waals surface area contributed by atoms with Crippen LogP contribution in [0.1, 0.15) is 22.5 Å². The van der Waals surface area contributed by atoms with E-state index in [4.69, 9.17) is 13.9 Å². The van der Waals surface area contributed by atoms with Crippen molar-refractivity contribution in [1.82, 2.24) is 5.32 Å². The molecule has 1 aliphatic heterocycles. The number of fused-ring (bicyclic) bond motifs is 1. The molecule has 1 fully saturated rings. The zero-order valence-electron chi connectivity index (χ0n) is 15.3. The van der Waals surface area contributed by atoms with Crippen molar-refractivity contribution in [3.8, 4) is 0 Å². The molecule has 6 heteroatoms. The molecule has 1 amide bonds. The first kappa shape index (κ1) is 18.4. The molecule has 1 N–H and O–H groups in total. The SMILES string of the molecule is O=C(N[C@@H]1CCOC[C@H]1OCc1ccccc1)c1cc(=O)c2ccccc2o1. The Bertz CT molecular complexity index is 1010. The van der Waals surface area contributed by atoms with E-state index in [2.05, 4.69) is 5.32 Å². The molecule has 4 rings (SSSR count). The number of rotatable bonds is 5. The standard InChI is InChI=1S/C22H21NO5/c24-18-12-20(28-19-9-5-4-8-16(18)19)22(25)23-17-10-11-26-14-21(17)27-13-15-6-2-1-3-7-15/h1-9,12,17,21H,10-11,13-14H2,(H,23,25)/t17-,21-/m1/s1. The van der Waals surface area contributed by atoms with Gasteiger partial charge in [-0.15, -0.1) is 0 Å². The third kappa shape index (κ3) is 4.13. The zero-order valence-corrected chi connectivity index (χ0v) is 15.3. The number of carbonyl (C=O) groups is 1. The number of nitrogens with one attached hydrogen (secondary N) is 1. The Kier molecular flexibility index (Phi) is 5.50. The van der Waals surface area contributed by atoms with E-state index < -0.39 is 5.91 Å². The van der Waals surface area contributed by atoms with Crippen LogP contribution in [0.15, 0.2) is 69.9 Å². The first-order chi connectivity index (χ1) is 13.7. The van der Waals surface area contributed by atoms with Crippen molar-refractivity contribution in [2.24, 2.45) is 0 Å². The molecule has 1 aliphatic rings. The van der Waals surface area contributed by atoms with Crippen LogP contribution in [-0.4, -0.2) is 31.3 Å². The van der Waals surface area contributed by atoms with E-state index in [-0.39, 0.29) is 23.3 Å². The van der Waals surface area contributed by atoms with Gasteiger partial charge in [0.15, 0.2) is 11.2 Å². The minimum absolute atomic E-state index is 0.00278. The van der Waals surface area contributed by atoms with Gasteiger partial charge in [-0.1, -0.05) is 42.5 Å². The van der Waals surface area contributed by atoms with Gasteiger partial charge in [0.05, 0.1) is 24.6 Å². The monoisotopic (exact) mass is 379 g/mol. The van der Waals surface area contributed by atoms with E-state index in [0.717, 1.165) is 5.56 Å². The molecule has 1 aromatic heterocycles. The largest absolute Gasteiger partial charge is 0.451 e. The van der Waals surface area contributed by atoms with Crippen LogP contribution in [0.2, 0.25) is 0 Å². The maximum Gasteiger partial charge on any atom is 0.287 e. The smallest absolute Gasteiger partial charge is 0.287 e. The summed E-state index contributed by atoms with van der Waals surface area (Å²) < 4.78 is 17.1. The van der Waals surface area contributed by atoms with Crippen LogP contribution in [0, 0.1) is 0 Å². The first-order valence-electron chi connectivity index (χ1n) is 9.28. The van der Waals surface area contributed by atoms with Crippen LogP contribution < -0.4 is 10.7 Å². The van der Waals surface area contributed by atoms with Crippen molar-refractivity contribution in [2.75, 3.05) is 13.2 Å². The molecule has 0 unspecified atom stereocenters. The predicted octanol–water partition coefficient (Wildman–Crippen LogP) is 2.90. The fourth-order valence-corrected chi connectivity index (χ4v) is 3.27. The summed E-state index contributed by atoms with van der Waals surface area (Å²) in [4.78, 5) is 24.9. The summed E-state index contributed by atoms with van der Waals surface area (Å²) in [5.74, 6) is -0.430. The summed E-state index contributed by atoms with van der Waals surface area (Å²) in [6.07, 6.45) is 0.355. The lowest BCUT2D eigenvalue weighted by atomic mass is 10.1. The summed E-state index contributed by atoms with van der Waals surface area (Å²) in [7, 11) is 0. The van der Waals surface area contributed by atoms with E-state index in [0.29, 0.717) is 37.2 Å². The Hall–Kier alpha value is -2.96. The molecule has 0 aliphatic carbocycles. The van der Waals surface area contributed by atoms with Crippen LogP contribution in [0.25, 0.3) is 11.0 Å². The number of hydrogen-bond acceptors (Lipinski definition) is 5. The van der Waals surface area contributed by atoms with Crippen LogP contribution in [0.4, 0.5) is 0 Å². The highest BCUT2D eigenvalue weighted by Crippen LogP contribution is 2.16. The highest BCUT2D eigenvalue weighted by Gasteiger charge is 2.29. The summed E-state index contributed by atoms with van der Waals surface area (Å²) in [5, 5.41) is 3.39. The second-order valence-electron chi connectivity index (χ2n) is 6.75. The van der Waals surface area contributed by atoms with E-state index in [9.17, 15) is 9.59 Å². The van der Waals surface area contributed by atoms with E-state index in [1.807, 2.05) is 30.3 Å². The second kappa shape index (κ2) is 8.37. The van der Waals surface area contributed by atoms with Gasteiger partial charge in [0.25, 0.3) is 5.91 Å². The van der Waals surface area contributed by atoms with Gasteiger partial charge in [-0.25, -0.2) is 0 Å². The van der Waals surface area contributed by atoms with E-state index in [1.54, 1.807) is 24.3 Å².